The smallest absolute Gasteiger partial charge is 0.0793 e. The zero-order valence-corrected chi connectivity index (χ0v) is 14.6. The molecule has 1 N–H and O–H groups in total. The number of hydrogen-bond donors (Lipinski definition) is 1. The first kappa shape index (κ1) is 16.9. The second-order valence-electron chi connectivity index (χ2n) is 6.55. The third kappa shape index (κ3) is 4.56. The van der Waals surface area contributed by atoms with E-state index >= 15 is 0 Å². The van der Waals surface area contributed by atoms with E-state index in [1.807, 2.05) is 12.4 Å². The third-order valence-corrected chi connectivity index (χ3v) is 4.82. The topological polar surface area (TPSA) is 37.4 Å². The largest absolute Gasteiger partial charge is 0.382 e. The highest BCUT2D eigenvalue weighted by Gasteiger charge is 2.19. The van der Waals surface area contributed by atoms with Crippen LogP contribution in [0.3, 0.4) is 0 Å². The number of benzene rings is 1. The average molecular weight is 325 g/mol. The van der Waals surface area contributed by atoms with Crippen molar-refractivity contribution in [3.63, 3.8) is 0 Å². The number of anilines is 1. The van der Waals surface area contributed by atoms with Crippen LogP contribution in [0.1, 0.15) is 37.0 Å². The highest BCUT2D eigenvalue weighted by molar-refractivity contribution is 5.47. The molecule has 0 amide bonds. The lowest BCUT2D eigenvalue weighted by Gasteiger charge is -2.33. The van der Waals surface area contributed by atoms with E-state index in [1.165, 1.54) is 29.7 Å². The summed E-state index contributed by atoms with van der Waals surface area (Å²) in [7, 11) is 1.75. The Morgan fingerprint density at radius 2 is 1.96 bits per heavy atom. The van der Waals surface area contributed by atoms with Crippen LogP contribution in [0, 0.1) is 0 Å². The van der Waals surface area contributed by atoms with Crippen molar-refractivity contribution in [1.29, 1.82) is 0 Å². The quantitative estimate of drug-likeness (QED) is 0.875. The van der Waals surface area contributed by atoms with Crippen molar-refractivity contribution in [2.45, 2.75) is 38.5 Å². The number of likely N-dealkylation sites (tertiary alicyclic amines) is 1. The van der Waals surface area contributed by atoms with Gasteiger partial charge in [0.05, 0.1) is 6.10 Å². The molecule has 0 spiro atoms. The Hall–Kier alpha value is -1.91. The van der Waals surface area contributed by atoms with Crippen molar-refractivity contribution in [3.05, 3.63) is 59.9 Å². The lowest BCUT2D eigenvalue weighted by atomic mass is 10.0. The van der Waals surface area contributed by atoms with Crippen molar-refractivity contribution in [2.75, 3.05) is 25.5 Å². The van der Waals surface area contributed by atoms with Gasteiger partial charge in [-0.05, 0) is 55.2 Å². The number of nitrogens with zero attached hydrogens (tertiary/aromatic N) is 2. The molecular formula is C20H27N3O. The van der Waals surface area contributed by atoms with Crippen LogP contribution in [0.2, 0.25) is 0 Å². The minimum absolute atomic E-state index is 0.133. The summed E-state index contributed by atoms with van der Waals surface area (Å²) in [5, 5.41) is 3.69. The maximum Gasteiger partial charge on any atom is 0.0793 e. The Labute approximate surface area is 144 Å². The molecule has 1 aromatic heterocycles. The third-order valence-electron chi connectivity index (χ3n) is 4.82. The van der Waals surface area contributed by atoms with E-state index in [4.69, 9.17) is 4.74 Å². The maximum atomic E-state index is 5.41. The molecule has 0 bridgehead atoms. The normalized spacial score (nSPS) is 17.6. The Kier molecular flexibility index (Phi) is 5.83. The van der Waals surface area contributed by atoms with Gasteiger partial charge < -0.3 is 10.1 Å². The molecule has 1 aliphatic rings. The molecule has 0 unspecified atom stereocenters. The van der Waals surface area contributed by atoms with E-state index in [-0.39, 0.29) is 6.10 Å². The van der Waals surface area contributed by atoms with Gasteiger partial charge in [0.1, 0.15) is 0 Å². The average Bonchev–Trinajstić information content (AvgIpc) is 2.64. The van der Waals surface area contributed by atoms with Gasteiger partial charge in [-0.25, -0.2) is 0 Å². The van der Waals surface area contributed by atoms with Crippen LogP contribution in [-0.4, -0.2) is 36.1 Å². The Balaban J connectivity index is 1.50. The summed E-state index contributed by atoms with van der Waals surface area (Å²) in [6.45, 7) is 5.37. The molecule has 2 aromatic rings. The fraction of sp³-hybridized carbons (Fsp3) is 0.450. The number of rotatable bonds is 6. The minimum Gasteiger partial charge on any atom is -0.382 e. The van der Waals surface area contributed by atoms with Crippen LogP contribution >= 0.6 is 0 Å². The van der Waals surface area contributed by atoms with Gasteiger partial charge in [0.25, 0.3) is 0 Å². The Morgan fingerprint density at radius 1 is 1.21 bits per heavy atom. The van der Waals surface area contributed by atoms with Gasteiger partial charge in [0.2, 0.25) is 0 Å². The van der Waals surface area contributed by atoms with Crippen LogP contribution in [0.15, 0.2) is 48.8 Å². The SMILES string of the molecule is CO[C@H](C)c1cccc(NC2CCN(Cc3ccncc3)CC2)c1. The van der Waals surface area contributed by atoms with Crippen LogP contribution in [0.4, 0.5) is 5.69 Å². The fourth-order valence-electron chi connectivity index (χ4n) is 3.23. The van der Waals surface area contributed by atoms with E-state index in [0.717, 1.165) is 19.6 Å². The summed E-state index contributed by atoms with van der Waals surface area (Å²) in [6.07, 6.45) is 6.23. The molecular weight excluding hydrogens is 298 g/mol. The van der Waals surface area contributed by atoms with Crippen LogP contribution < -0.4 is 5.32 Å². The van der Waals surface area contributed by atoms with Crippen LogP contribution in [0.5, 0.6) is 0 Å². The van der Waals surface area contributed by atoms with Gasteiger partial charge in [-0.3, -0.25) is 9.88 Å². The molecule has 3 rings (SSSR count). The van der Waals surface area contributed by atoms with E-state index < -0.39 is 0 Å². The molecule has 1 aliphatic heterocycles. The first-order chi connectivity index (χ1) is 11.7. The molecule has 128 valence electrons. The van der Waals surface area contributed by atoms with Gasteiger partial charge in [0.15, 0.2) is 0 Å². The number of hydrogen-bond acceptors (Lipinski definition) is 4. The fourth-order valence-corrected chi connectivity index (χ4v) is 3.23. The lowest BCUT2D eigenvalue weighted by molar-refractivity contribution is 0.119. The predicted octanol–water partition coefficient (Wildman–Crippen LogP) is 3.87. The van der Waals surface area contributed by atoms with E-state index in [1.54, 1.807) is 7.11 Å². The Morgan fingerprint density at radius 3 is 2.67 bits per heavy atom. The number of aromatic nitrogens is 1. The molecule has 24 heavy (non-hydrogen) atoms. The van der Waals surface area contributed by atoms with Crippen molar-refractivity contribution >= 4 is 5.69 Å². The van der Waals surface area contributed by atoms with Crippen molar-refractivity contribution < 1.29 is 4.74 Å². The monoisotopic (exact) mass is 325 g/mol. The number of piperidine rings is 1. The van der Waals surface area contributed by atoms with Crippen LogP contribution in [-0.2, 0) is 11.3 Å². The number of methoxy groups -OCH3 is 1. The molecule has 1 saturated heterocycles. The minimum atomic E-state index is 0.133. The predicted molar refractivity (Wildman–Crippen MR) is 98.0 cm³/mol. The molecule has 0 radical (unpaired) electrons. The van der Waals surface area contributed by atoms with Gasteiger partial charge in [-0.15, -0.1) is 0 Å². The van der Waals surface area contributed by atoms with E-state index in [0.29, 0.717) is 6.04 Å². The molecule has 0 aliphatic carbocycles. The van der Waals surface area contributed by atoms with Gasteiger partial charge in [0, 0.05) is 50.9 Å². The van der Waals surface area contributed by atoms with E-state index in [9.17, 15) is 0 Å². The van der Waals surface area contributed by atoms with Gasteiger partial charge >= 0.3 is 0 Å². The molecule has 1 aromatic carbocycles. The molecule has 2 heterocycles. The summed E-state index contributed by atoms with van der Waals surface area (Å²) in [4.78, 5) is 6.61. The standard InChI is InChI=1S/C20H27N3O/c1-16(24-2)18-4-3-5-20(14-18)22-19-8-12-23(13-9-19)15-17-6-10-21-11-7-17/h3-7,10-11,14,16,19,22H,8-9,12-13,15H2,1-2H3/t16-/m1/s1. The van der Waals surface area contributed by atoms with Gasteiger partial charge in [-0.1, -0.05) is 12.1 Å². The molecule has 1 fully saturated rings. The lowest BCUT2D eigenvalue weighted by Crippen LogP contribution is -2.38. The molecule has 1 atom stereocenters. The number of ether oxygens (including phenoxy) is 1. The summed E-state index contributed by atoms with van der Waals surface area (Å²) in [5.74, 6) is 0. The first-order valence-electron chi connectivity index (χ1n) is 8.75. The summed E-state index contributed by atoms with van der Waals surface area (Å²) in [6, 6.07) is 13.3. The first-order valence-corrected chi connectivity index (χ1v) is 8.75. The second-order valence-corrected chi connectivity index (χ2v) is 6.55. The summed E-state index contributed by atoms with van der Waals surface area (Å²) >= 11 is 0. The van der Waals surface area contributed by atoms with Crippen LogP contribution in [0.25, 0.3) is 0 Å². The van der Waals surface area contributed by atoms with Crippen molar-refractivity contribution in [2.24, 2.45) is 0 Å². The zero-order chi connectivity index (χ0) is 16.8. The van der Waals surface area contributed by atoms with E-state index in [2.05, 4.69) is 58.5 Å². The number of nitrogens with one attached hydrogen (secondary N) is 1. The highest BCUT2D eigenvalue weighted by atomic mass is 16.5. The Bertz CT molecular complexity index is 624. The number of pyridine rings is 1. The summed E-state index contributed by atoms with van der Waals surface area (Å²) in [5.41, 5.74) is 3.76. The summed E-state index contributed by atoms with van der Waals surface area (Å²) < 4.78 is 5.41. The van der Waals surface area contributed by atoms with Gasteiger partial charge in [-0.2, -0.15) is 0 Å². The van der Waals surface area contributed by atoms with Crippen molar-refractivity contribution in [1.82, 2.24) is 9.88 Å². The highest BCUT2D eigenvalue weighted by Crippen LogP contribution is 2.22. The molecule has 0 saturated carbocycles. The second kappa shape index (κ2) is 8.27. The van der Waals surface area contributed by atoms with Crippen molar-refractivity contribution in [3.8, 4) is 0 Å². The maximum absolute atomic E-state index is 5.41. The molecule has 4 nitrogen and oxygen atoms in total. The molecule has 4 heteroatoms. The zero-order valence-electron chi connectivity index (χ0n) is 14.6.